The van der Waals surface area contributed by atoms with E-state index in [2.05, 4.69) is 15.3 Å². The molecule has 7 heteroatoms. The van der Waals surface area contributed by atoms with Gasteiger partial charge >= 0.3 is 0 Å². The van der Waals surface area contributed by atoms with E-state index in [1.54, 1.807) is 7.11 Å². The minimum Gasteiger partial charge on any atom is -0.381 e. The molecular weight excluding hydrogens is 280 g/mol. The van der Waals surface area contributed by atoms with Crippen LogP contribution in [0.5, 0.6) is 0 Å². The second-order valence-electron chi connectivity index (χ2n) is 5.07. The minimum absolute atomic E-state index is 0.0140. The highest BCUT2D eigenvalue weighted by Gasteiger charge is 2.40. The van der Waals surface area contributed by atoms with Crippen LogP contribution in [-0.4, -0.2) is 41.7 Å². The number of fused-ring (bicyclic) bond motifs is 3. The molecule has 1 aromatic heterocycles. The average molecular weight is 297 g/mol. The molecule has 1 amide bonds. The lowest BCUT2D eigenvalue weighted by atomic mass is 9.96. The Morgan fingerprint density at radius 3 is 3.00 bits per heavy atom. The third-order valence-corrected chi connectivity index (χ3v) is 4.15. The van der Waals surface area contributed by atoms with Crippen LogP contribution in [0.25, 0.3) is 0 Å². The van der Waals surface area contributed by atoms with Crippen molar-refractivity contribution in [3.05, 3.63) is 11.0 Å². The monoisotopic (exact) mass is 296 g/mol. The van der Waals surface area contributed by atoms with Crippen molar-refractivity contribution in [2.75, 3.05) is 23.9 Å². The number of piperidine rings is 1. The Balaban J connectivity index is 2.02. The molecule has 0 aromatic carbocycles. The van der Waals surface area contributed by atoms with Gasteiger partial charge in [-0.05, 0) is 24.4 Å². The van der Waals surface area contributed by atoms with Gasteiger partial charge in [-0.2, -0.15) is 4.98 Å². The molecule has 1 fully saturated rings. The van der Waals surface area contributed by atoms with Gasteiger partial charge in [0.05, 0.1) is 11.8 Å². The number of methoxy groups -OCH3 is 1. The van der Waals surface area contributed by atoms with Crippen molar-refractivity contribution in [3.63, 3.8) is 0 Å². The number of carbonyl (C=O) groups is 1. The Hall–Kier alpha value is -1.40. The molecule has 0 spiro atoms. The van der Waals surface area contributed by atoms with E-state index in [1.807, 2.05) is 11.8 Å². The normalized spacial score (nSPS) is 24.9. The van der Waals surface area contributed by atoms with Crippen molar-refractivity contribution < 1.29 is 9.53 Å². The van der Waals surface area contributed by atoms with E-state index in [0.29, 0.717) is 18.5 Å². The van der Waals surface area contributed by atoms with Crippen LogP contribution < -0.4 is 10.2 Å². The topological polar surface area (TPSA) is 67.3 Å². The fraction of sp³-hybridized carbons (Fsp3) is 0.615. The van der Waals surface area contributed by atoms with Crippen LogP contribution in [-0.2, 0) is 16.0 Å². The summed E-state index contributed by atoms with van der Waals surface area (Å²) >= 11 is 6.00. The number of aryl methyl sites for hydroxylation is 1. The summed E-state index contributed by atoms with van der Waals surface area (Å²) in [5, 5.41) is 3.16. The van der Waals surface area contributed by atoms with Gasteiger partial charge in [0.2, 0.25) is 11.2 Å². The molecule has 1 aromatic rings. The van der Waals surface area contributed by atoms with Crippen molar-refractivity contribution in [2.45, 2.75) is 38.3 Å². The van der Waals surface area contributed by atoms with Crippen molar-refractivity contribution >= 4 is 29.0 Å². The van der Waals surface area contributed by atoms with Crippen LogP contribution in [0.3, 0.4) is 0 Å². The summed E-state index contributed by atoms with van der Waals surface area (Å²) in [5.41, 5.74) is 1.48. The number of halogens is 1. The van der Waals surface area contributed by atoms with E-state index >= 15 is 0 Å². The minimum atomic E-state index is -0.239. The van der Waals surface area contributed by atoms with Gasteiger partial charge in [0.15, 0.2) is 5.82 Å². The summed E-state index contributed by atoms with van der Waals surface area (Å²) in [6.07, 6.45) is 2.36. The second-order valence-corrected chi connectivity index (χ2v) is 5.41. The number of amides is 1. The number of rotatable bonds is 2. The first-order valence-corrected chi connectivity index (χ1v) is 7.18. The zero-order valence-corrected chi connectivity index (χ0v) is 12.3. The molecule has 1 saturated heterocycles. The third kappa shape index (κ3) is 2.13. The lowest BCUT2D eigenvalue weighted by Gasteiger charge is -2.42. The van der Waals surface area contributed by atoms with Crippen LogP contribution in [0.1, 0.15) is 25.5 Å². The predicted molar refractivity (Wildman–Crippen MR) is 76.2 cm³/mol. The first kappa shape index (κ1) is 13.6. The average Bonchev–Trinajstić information content (AvgIpc) is 2.47. The van der Waals surface area contributed by atoms with Crippen LogP contribution in [0.15, 0.2) is 0 Å². The van der Waals surface area contributed by atoms with Gasteiger partial charge in [-0.15, -0.1) is 0 Å². The number of hydrogen-bond acceptors (Lipinski definition) is 5. The number of hydrogen-bond donors (Lipinski definition) is 1. The Morgan fingerprint density at radius 1 is 1.50 bits per heavy atom. The van der Waals surface area contributed by atoms with Crippen molar-refractivity contribution in [2.24, 2.45) is 0 Å². The highest BCUT2D eigenvalue weighted by molar-refractivity contribution is 6.28. The molecule has 2 aliphatic heterocycles. The molecule has 20 heavy (non-hydrogen) atoms. The molecule has 0 bridgehead atoms. The second kappa shape index (κ2) is 5.18. The molecule has 2 atom stereocenters. The number of ether oxygens (including phenoxy) is 1. The van der Waals surface area contributed by atoms with Crippen LogP contribution in [0, 0.1) is 0 Å². The summed E-state index contributed by atoms with van der Waals surface area (Å²) in [7, 11) is 1.68. The molecule has 6 nitrogen and oxygen atoms in total. The van der Waals surface area contributed by atoms with Gasteiger partial charge in [-0.1, -0.05) is 6.92 Å². The number of nitrogens with zero attached hydrogens (tertiary/aromatic N) is 3. The van der Waals surface area contributed by atoms with E-state index in [0.717, 1.165) is 24.5 Å². The van der Waals surface area contributed by atoms with Crippen molar-refractivity contribution in [1.29, 1.82) is 0 Å². The van der Waals surface area contributed by atoms with E-state index in [-0.39, 0.29) is 23.3 Å². The highest BCUT2D eigenvalue weighted by atomic mass is 35.5. The van der Waals surface area contributed by atoms with E-state index in [4.69, 9.17) is 16.3 Å². The van der Waals surface area contributed by atoms with E-state index in [9.17, 15) is 4.79 Å². The molecular formula is C13H17ClN4O2. The maximum absolute atomic E-state index is 12.3. The zero-order chi connectivity index (χ0) is 14.3. The number of anilines is 2. The number of aromatic nitrogens is 2. The Morgan fingerprint density at radius 2 is 2.30 bits per heavy atom. The summed E-state index contributed by atoms with van der Waals surface area (Å²) in [4.78, 5) is 22.8. The summed E-state index contributed by atoms with van der Waals surface area (Å²) in [6, 6.07) is -0.239. The molecule has 0 unspecified atom stereocenters. The Kier molecular flexibility index (Phi) is 3.52. The summed E-state index contributed by atoms with van der Waals surface area (Å²) in [6.45, 7) is 2.72. The van der Waals surface area contributed by atoms with Gasteiger partial charge in [0.1, 0.15) is 11.7 Å². The van der Waals surface area contributed by atoms with Gasteiger partial charge in [-0.3, -0.25) is 4.79 Å². The van der Waals surface area contributed by atoms with Gasteiger partial charge in [0.25, 0.3) is 0 Å². The maximum atomic E-state index is 12.3. The lowest BCUT2D eigenvalue weighted by molar-refractivity contribution is -0.119. The smallest absolute Gasteiger partial charge is 0.247 e. The zero-order valence-electron chi connectivity index (χ0n) is 11.5. The molecule has 0 aliphatic carbocycles. The molecule has 2 aliphatic rings. The first-order chi connectivity index (χ1) is 9.63. The summed E-state index contributed by atoms with van der Waals surface area (Å²) < 4.78 is 5.38. The largest absolute Gasteiger partial charge is 0.381 e. The summed E-state index contributed by atoms with van der Waals surface area (Å²) in [5.74, 6) is 0.723. The highest BCUT2D eigenvalue weighted by Crippen LogP contribution is 2.37. The van der Waals surface area contributed by atoms with Crippen molar-refractivity contribution in [1.82, 2.24) is 9.97 Å². The third-order valence-electron chi connectivity index (χ3n) is 3.98. The standard InChI is InChI=1S/C13H17ClN4O2/c1-3-8-10-11(17-13(14)15-8)18-5-4-7(20-2)6-9(18)12(19)16-10/h7,9H,3-6H2,1-2H3,(H,16,19)/t7-,9+/m0/s1. The fourth-order valence-corrected chi connectivity index (χ4v) is 3.09. The predicted octanol–water partition coefficient (Wildman–Crippen LogP) is 1.63. The quantitative estimate of drug-likeness (QED) is 0.840. The molecule has 3 heterocycles. The molecule has 0 radical (unpaired) electrons. The molecule has 108 valence electrons. The molecule has 1 N–H and O–H groups in total. The van der Waals surface area contributed by atoms with Crippen LogP contribution in [0.2, 0.25) is 5.28 Å². The van der Waals surface area contributed by atoms with Gasteiger partial charge < -0.3 is 15.0 Å². The molecule has 0 saturated carbocycles. The van der Waals surface area contributed by atoms with Crippen molar-refractivity contribution in [3.8, 4) is 0 Å². The van der Waals surface area contributed by atoms with Crippen LogP contribution in [0.4, 0.5) is 11.5 Å². The molecule has 3 rings (SSSR count). The Bertz CT molecular complexity index is 551. The lowest BCUT2D eigenvalue weighted by Crippen LogP contribution is -2.54. The fourth-order valence-electron chi connectivity index (χ4n) is 2.91. The van der Waals surface area contributed by atoms with E-state index in [1.165, 1.54) is 0 Å². The maximum Gasteiger partial charge on any atom is 0.247 e. The SMILES string of the molecule is CCc1nc(Cl)nc2c1NC(=O)[C@H]1C[C@@H](OC)CCN21. The Labute approximate surface area is 122 Å². The van der Waals surface area contributed by atoms with E-state index < -0.39 is 0 Å². The first-order valence-electron chi connectivity index (χ1n) is 6.80. The van der Waals surface area contributed by atoms with Gasteiger partial charge in [0, 0.05) is 20.1 Å². The number of carbonyl (C=O) groups excluding carboxylic acids is 1. The van der Waals surface area contributed by atoms with Gasteiger partial charge in [-0.25, -0.2) is 4.98 Å². The van der Waals surface area contributed by atoms with Crippen LogP contribution >= 0.6 is 11.6 Å². The number of nitrogens with one attached hydrogen (secondary N) is 1.